The third-order valence-electron chi connectivity index (χ3n) is 2.43. The minimum atomic E-state index is -3.63. The predicted molar refractivity (Wildman–Crippen MR) is 77.8 cm³/mol. The quantitative estimate of drug-likeness (QED) is 0.858. The fraction of sp³-hybridized carbons (Fsp3) is 0.250. The number of halogens is 1. The predicted octanol–water partition coefficient (Wildman–Crippen LogP) is 2.65. The number of aromatic nitrogens is 1. The van der Waals surface area contributed by atoms with Crippen LogP contribution < -0.4 is 9.44 Å². The first kappa shape index (κ1) is 14.8. The van der Waals surface area contributed by atoms with Crippen molar-refractivity contribution in [2.45, 2.75) is 13.3 Å². The molecule has 0 aliphatic heterocycles. The molecule has 2 N–H and O–H groups in total. The molecule has 20 heavy (non-hydrogen) atoms. The smallest absolute Gasteiger partial charge is 0.301 e. The summed E-state index contributed by atoms with van der Waals surface area (Å²) in [6, 6.07) is 8.49. The van der Waals surface area contributed by atoms with Crippen molar-refractivity contribution in [2.75, 3.05) is 11.3 Å². The SMILES string of the molecule is CCCNS(=O)(=O)Nc1cc(-c2ccc(Cl)cc2)no1. The molecule has 0 aliphatic rings. The number of hydrogen-bond acceptors (Lipinski definition) is 4. The number of nitrogens with one attached hydrogen (secondary N) is 2. The second-order valence-corrected chi connectivity index (χ2v) is 6.02. The summed E-state index contributed by atoms with van der Waals surface area (Å²) >= 11 is 5.80. The van der Waals surface area contributed by atoms with Crippen LogP contribution in [0.5, 0.6) is 0 Å². The molecule has 0 saturated carbocycles. The topological polar surface area (TPSA) is 84.2 Å². The zero-order valence-electron chi connectivity index (χ0n) is 10.8. The highest BCUT2D eigenvalue weighted by Crippen LogP contribution is 2.23. The number of nitrogens with zero attached hydrogens (tertiary/aromatic N) is 1. The third kappa shape index (κ3) is 3.96. The lowest BCUT2D eigenvalue weighted by Gasteiger charge is -2.04. The largest absolute Gasteiger partial charge is 0.337 e. The Bertz CT molecular complexity index is 668. The molecule has 1 heterocycles. The van der Waals surface area contributed by atoms with Gasteiger partial charge in [0.2, 0.25) is 5.88 Å². The Hall–Kier alpha value is -1.57. The van der Waals surface area contributed by atoms with Crippen molar-refractivity contribution in [2.24, 2.45) is 0 Å². The van der Waals surface area contributed by atoms with E-state index in [0.717, 1.165) is 5.56 Å². The van der Waals surface area contributed by atoms with E-state index in [4.69, 9.17) is 16.1 Å². The molecular formula is C12H14ClN3O3S. The Morgan fingerprint density at radius 1 is 1.30 bits per heavy atom. The lowest BCUT2D eigenvalue weighted by molar-refractivity contribution is 0.438. The van der Waals surface area contributed by atoms with Gasteiger partial charge >= 0.3 is 10.2 Å². The zero-order chi connectivity index (χ0) is 14.6. The van der Waals surface area contributed by atoms with Crippen LogP contribution >= 0.6 is 11.6 Å². The number of benzene rings is 1. The van der Waals surface area contributed by atoms with Gasteiger partial charge in [-0.05, 0) is 18.6 Å². The van der Waals surface area contributed by atoms with Gasteiger partial charge in [-0.3, -0.25) is 0 Å². The lowest BCUT2D eigenvalue weighted by Crippen LogP contribution is -2.30. The van der Waals surface area contributed by atoms with Crippen LogP contribution in [0.2, 0.25) is 5.02 Å². The van der Waals surface area contributed by atoms with E-state index >= 15 is 0 Å². The molecule has 0 aliphatic carbocycles. The first-order valence-corrected chi connectivity index (χ1v) is 7.86. The first-order chi connectivity index (χ1) is 9.50. The standard InChI is InChI=1S/C12H14ClN3O3S/c1-2-7-14-20(17,18)16-12-8-11(15-19-12)9-3-5-10(13)6-4-9/h3-6,8,14,16H,2,7H2,1H3. The van der Waals surface area contributed by atoms with Gasteiger partial charge in [-0.1, -0.05) is 35.8 Å². The highest BCUT2D eigenvalue weighted by Gasteiger charge is 2.13. The first-order valence-electron chi connectivity index (χ1n) is 6.00. The van der Waals surface area contributed by atoms with Crippen LogP contribution in [0.4, 0.5) is 5.88 Å². The summed E-state index contributed by atoms with van der Waals surface area (Å²) in [5.74, 6) is 0.0542. The summed E-state index contributed by atoms with van der Waals surface area (Å²) < 4.78 is 32.8. The Labute approximate surface area is 122 Å². The molecular weight excluding hydrogens is 302 g/mol. The van der Waals surface area contributed by atoms with Gasteiger partial charge < -0.3 is 4.52 Å². The van der Waals surface area contributed by atoms with Crippen molar-refractivity contribution in [3.05, 3.63) is 35.4 Å². The number of anilines is 1. The molecule has 1 aromatic carbocycles. The maximum Gasteiger partial charge on any atom is 0.301 e. The van der Waals surface area contributed by atoms with E-state index in [9.17, 15) is 8.42 Å². The fourth-order valence-electron chi connectivity index (χ4n) is 1.48. The summed E-state index contributed by atoms with van der Waals surface area (Å²) in [5.41, 5.74) is 1.31. The van der Waals surface area contributed by atoms with E-state index in [0.29, 0.717) is 23.7 Å². The molecule has 0 spiro atoms. The Kier molecular flexibility index (Phi) is 4.64. The van der Waals surface area contributed by atoms with Crippen molar-refractivity contribution >= 4 is 27.7 Å². The molecule has 2 rings (SSSR count). The van der Waals surface area contributed by atoms with Crippen LogP contribution in [0.3, 0.4) is 0 Å². The Morgan fingerprint density at radius 3 is 2.65 bits per heavy atom. The maximum absolute atomic E-state index is 11.6. The van der Waals surface area contributed by atoms with Gasteiger partial charge in [0.05, 0.1) is 0 Å². The van der Waals surface area contributed by atoms with Crippen LogP contribution in [0, 0.1) is 0 Å². The minimum absolute atomic E-state index is 0.0542. The van der Waals surface area contributed by atoms with Crippen LogP contribution in [0.15, 0.2) is 34.9 Å². The van der Waals surface area contributed by atoms with Crippen LogP contribution in [0.1, 0.15) is 13.3 Å². The molecule has 8 heteroatoms. The van der Waals surface area contributed by atoms with Gasteiger partial charge in [0.15, 0.2) is 0 Å². The zero-order valence-corrected chi connectivity index (χ0v) is 12.3. The number of rotatable bonds is 6. The van der Waals surface area contributed by atoms with Crippen LogP contribution in [-0.2, 0) is 10.2 Å². The van der Waals surface area contributed by atoms with Crippen molar-refractivity contribution in [1.29, 1.82) is 0 Å². The van der Waals surface area contributed by atoms with E-state index in [1.54, 1.807) is 24.3 Å². The Balaban J connectivity index is 2.11. The molecule has 2 aromatic rings. The van der Waals surface area contributed by atoms with Crippen LogP contribution in [-0.4, -0.2) is 20.1 Å². The monoisotopic (exact) mass is 315 g/mol. The summed E-state index contributed by atoms with van der Waals surface area (Å²) in [5, 5.41) is 4.42. The second-order valence-electron chi connectivity index (χ2n) is 4.08. The molecule has 6 nitrogen and oxygen atoms in total. The van der Waals surface area contributed by atoms with Crippen molar-refractivity contribution < 1.29 is 12.9 Å². The van der Waals surface area contributed by atoms with E-state index < -0.39 is 10.2 Å². The summed E-state index contributed by atoms with van der Waals surface area (Å²) in [6.45, 7) is 2.23. The van der Waals surface area contributed by atoms with Crippen LogP contribution in [0.25, 0.3) is 11.3 Å². The van der Waals surface area contributed by atoms with Crippen molar-refractivity contribution in [3.63, 3.8) is 0 Å². The highest BCUT2D eigenvalue weighted by atomic mass is 35.5. The maximum atomic E-state index is 11.6. The molecule has 0 fully saturated rings. The molecule has 108 valence electrons. The normalized spacial score (nSPS) is 11.5. The summed E-state index contributed by atoms with van der Waals surface area (Å²) in [7, 11) is -3.63. The molecule has 1 aromatic heterocycles. The average molecular weight is 316 g/mol. The van der Waals surface area contributed by atoms with Crippen molar-refractivity contribution in [1.82, 2.24) is 9.88 Å². The molecule has 0 amide bonds. The number of hydrogen-bond donors (Lipinski definition) is 2. The molecule has 0 saturated heterocycles. The molecule has 0 bridgehead atoms. The minimum Gasteiger partial charge on any atom is -0.337 e. The van der Waals surface area contributed by atoms with Crippen molar-refractivity contribution in [3.8, 4) is 11.3 Å². The van der Waals surface area contributed by atoms with E-state index in [-0.39, 0.29) is 5.88 Å². The molecule has 0 atom stereocenters. The van der Waals surface area contributed by atoms with Gasteiger partial charge in [0, 0.05) is 23.2 Å². The van der Waals surface area contributed by atoms with Gasteiger partial charge in [-0.2, -0.15) is 13.1 Å². The van der Waals surface area contributed by atoms with Gasteiger partial charge in [-0.25, -0.2) is 4.72 Å². The van der Waals surface area contributed by atoms with Gasteiger partial charge in [0.25, 0.3) is 0 Å². The van der Waals surface area contributed by atoms with E-state index in [1.807, 2.05) is 6.92 Å². The molecule has 0 unspecified atom stereocenters. The average Bonchev–Trinajstić information content (AvgIpc) is 2.85. The fourth-order valence-corrected chi connectivity index (χ4v) is 2.52. The van der Waals surface area contributed by atoms with E-state index in [2.05, 4.69) is 14.6 Å². The van der Waals surface area contributed by atoms with Gasteiger partial charge in [0.1, 0.15) is 5.69 Å². The lowest BCUT2D eigenvalue weighted by atomic mass is 10.1. The second kappa shape index (κ2) is 6.25. The molecule has 0 radical (unpaired) electrons. The van der Waals surface area contributed by atoms with Gasteiger partial charge in [-0.15, -0.1) is 0 Å². The third-order valence-corrected chi connectivity index (χ3v) is 3.73. The highest BCUT2D eigenvalue weighted by molar-refractivity contribution is 7.90. The Morgan fingerprint density at radius 2 is 2.00 bits per heavy atom. The summed E-state index contributed by atoms with van der Waals surface area (Å²) in [4.78, 5) is 0. The van der Waals surface area contributed by atoms with E-state index in [1.165, 1.54) is 6.07 Å². The summed E-state index contributed by atoms with van der Waals surface area (Å²) in [6.07, 6.45) is 0.702.